The number of nitrogens with zero attached hydrogens (tertiary/aromatic N) is 1. The summed E-state index contributed by atoms with van der Waals surface area (Å²) in [5.41, 5.74) is 2.25. The monoisotopic (exact) mass is 302 g/mol. The van der Waals surface area contributed by atoms with Gasteiger partial charge in [0, 0.05) is 34.0 Å². The summed E-state index contributed by atoms with van der Waals surface area (Å²) in [6, 6.07) is 6.23. The number of hydrogen-bond donors (Lipinski definition) is 1. The van der Waals surface area contributed by atoms with E-state index in [1.165, 1.54) is 20.5 Å². The standard InChI is InChI=1S/C15H14N2OS2/c1-9-11-7-10(15(19)18-2)3-4-12(11)20-13(9)8-14-16-5-6-17-14/h3-7H,8H2,1-2H3,(H,16,17). The minimum Gasteiger partial charge on any atom is -0.486 e. The van der Waals surface area contributed by atoms with Crippen LogP contribution in [0.5, 0.6) is 0 Å². The highest BCUT2D eigenvalue weighted by atomic mass is 32.1. The third-order valence-electron chi connectivity index (χ3n) is 3.34. The molecular formula is C15H14N2OS2. The SMILES string of the molecule is COC(=S)c1ccc2sc(Cc3ncc[nH]3)c(C)c2c1. The maximum atomic E-state index is 5.19. The highest BCUT2D eigenvalue weighted by Crippen LogP contribution is 2.32. The van der Waals surface area contributed by atoms with Crippen LogP contribution in [0.3, 0.4) is 0 Å². The van der Waals surface area contributed by atoms with Gasteiger partial charge in [-0.15, -0.1) is 11.3 Å². The Hall–Kier alpha value is -1.72. The molecule has 102 valence electrons. The van der Waals surface area contributed by atoms with E-state index in [0.29, 0.717) is 5.05 Å². The summed E-state index contributed by atoms with van der Waals surface area (Å²) in [5.74, 6) is 0.993. The average Bonchev–Trinajstić information content (AvgIpc) is 3.08. The normalized spacial score (nSPS) is 10.9. The van der Waals surface area contributed by atoms with Crippen molar-refractivity contribution in [3.63, 3.8) is 0 Å². The summed E-state index contributed by atoms with van der Waals surface area (Å²) in [7, 11) is 1.61. The van der Waals surface area contributed by atoms with Gasteiger partial charge in [0.2, 0.25) is 0 Å². The zero-order valence-electron chi connectivity index (χ0n) is 11.3. The summed E-state index contributed by atoms with van der Waals surface area (Å²) in [6.45, 7) is 2.15. The molecule has 0 bridgehead atoms. The van der Waals surface area contributed by atoms with E-state index in [1.54, 1.807) is 24.6 Å². The Balaban J connectivity index is 2.03. The van der Waals surface area contributed by atoms with Gasteiger partial charge in [-0.05, 0) is 48.3 Å². The minimum atomic E-state index is 0.532. The van der Waals surface area contributed by atoms with Gasteiger partial charge in [0.05, 0.1) is 7.11 Å². The molecular weight excluding hydrogens is 288 g/mol. The molecule has 3 aromatic rings. The van der Waals surface area contributed by atoms with E-state index in [2.05, 4.69) is 29.0 Å². The number of methoxy groups -OCH3 is 1. The molecule has 3 nitrogen and oxygen atoms in total. The maximum absolute atomic E-state index is 5.19. The Kier molecular flexibility index (Phi) is 3.54. The summed E-state index contributed by atoms with van der Waals surface area (Å²) in [6.07, 6.45) is 4.47. The van der Waals surface area contributed by atoms with Gasteiger partial charge in [-0.2, -0.15) is 0 Å². The van der Waals surface area contributed by atoms with Crippen molar-refractivity contribution in [1.29, 1.82) is 0 Å². The van der Waals surface area contributed by atoms with E-state index in [-0.39, 0.29) is 0 Å². The molecule has 0 saturated heterocycles. The molecule has 0 fully saturated rings. The Morgan fingerprint density at radius 3 is 3.00 bits per heavy atom. The molecule has 0 unspecified atom stereocenters. The van der Waals surface area contributed by atoms with Gasteiger partial charge < -0.3 is 9.72 Å². The first-order valence-electron chi connectivity index (χ1n) is 6.27. The van der Waals surface area contributed by atoms with Crippen molar-refractivity contribution < 1.29 is 4.74 Å². The third-order valence-corrected chi connectivity index (χ3v) is 5.01. The fourth-order valence-electron chi connectivity index (χ4n) is 2.23. The van der Waals surface area contributed by atoms with Crippen LogP contribution in [0.25, 0.3) is 10.1 Å². The van der Waals surface area contributed by atoms with Crippen molar-refractivity contribution in [1.82, 2.24) is 9.97 Å². The fourth-order valence-corrected chi connectivity index (χ4v) is 3.55. The topological polar surface area (TPSA) is 37.9 Å². The van der Waals surface area contributed by atoms with Gasteiger partial charge in [0.15, 0.2) is 5.05 Å². The number of fused-ring (bicyclic) bond motifs is 1. The summed E-state index contributed by atoms with van der Waals surface area (Å²) >= 11 is 7.00. The molecule has 20 heavy (non-hydrogen) atoms. The Bertz CT molecular complexity index is 760. The van der Waals surface area contributed by atoms with E-state index in [0.717, 1.165) is 17.8 Å². The minimum absolute atomic E-state index is 0.532. The molecule has 3 rings (SSSR count). The largest absolute Gasteiger partial charge is 0.486 e. The van der Waals surface area contributed by atoms with Crippen LogP contribution in [-0.4, -0.2) is 22.1 Å². The Labute approximate surface area is 126 Å². The van der Waals surface area contributed by atoms with Crippen LogP contribution in [0.4, 0.5) is 0 Å². The predicted molar refractivity (Wildman–Crippen MR) is 86.7 cm³/mol. The molecule has 0 aliphatic heterocycles. The average molecular weight is 302 g/mol. The summed E-state index contributed by atoms with van der Waals surface area (Å²) < 4.78 is 6.41. The number of aromatic amines is 1. The molecule has 1 aromatic carbocycles. The van der Waals surface area contributed by atoms with Gasteiger partial charge in [-0.1, -0.05) is 0 Å². The van der Waals surface area contributed by atoms with Crippen molar-refractivity contribution in [2.75, 3.05) is 7.11 Å². The number of imidazole rings is 1. The smallest absolute Gasteiger partial charge is 0.190 e. The zero-order chi connectivity index (χ0) is 14.1. The Morgan fingerprint density at radius 1 is 1.45 bits per heavy atom. The lowest BCUT2D eigenvalue weighted by Crippen LogP contribution is -1.98. The van der Waals surface area contributed by atoms with Crippen LogP contribution in [0.1, 0.15) is 21.8 Å². The lowest BCUT2D eigenvalue weighted by Gasteiger charge is -2.02. The van der Waals surface area contributed by atoms with Crippen LogP contribution in [0, 0.1) is 6.92 Å². The van der Waals surface area contributed by atoms with Crippen LogP contribution < -0.4 is 0 Å². The molecule has 0 radical (unpaired) electrons. The zero-order valence-corrected chi connectivity index (χ0v) is 12.9. The summed E-state index contributed by atoms with van der Waals surface area (Å²) in [4.78, 5) is 8.77. The van der Waals surface area contributed by atoms with E-state index >= 15 is 0 Å². The molecule has 0 saturated carbocycles. The van der Waals surface area contributed by atoms with Crippen molar-refractivity contribution in [3.05, 3.63) is 52.4 Å². The maximum Gasteiger partial charge on any atom is 0.190 e. The number of H-pyrrole nitrogens is 1. The van der Waals surface area contributed by atoms with Gasteiger partial charge in [-0.25, -0.2) is 4.98 Å². The molecule has 2 heterocycles. The van der Waals surface area contributed by atoms with Crippen LogP contribution >= 0.6 is 23.6 Å². The molecule has 0 spiro atoms. The van der Waals surface area contributed by atoms with Gasteiger partial charge in [0.25, 0.3) is 0 Å². The highest BCUT2D eigenvalue weighted by molar-refractivity contribution is 7.80. The van der Waals surface area contributed by atoms with Crippen molar-refractivity contribution in [3.8, 4) is 0 Å². The molecule has 0 amide bonds. The lowest BCUT2D eigenvalue weighted by atomic mass is 10.1. The molecule has 0 atom stereocenters. The number of ether oxygens (including phenoxy) is 1. The third kappa shape index (κ3) is 2.34. The first-order valence-corrected chi connectivity index (χ1v) is 7.50. The summed E-state index contributed by atoms with van der Waals surface area (Å²) in [5, 5.41) is 1.78. The number of thiophene rings is 1. The first kappa shape index (κ1) is 13.3. The molecule has 2 aromatic heterocycles. The lowest BCUT2D eigenvalue weighted by molar-refractivity contribution is 0.416. The van der Waals surface area contributed by atoms with Gasteiger partial charge >= 0.3 is 0 Å². The number of hydrogen-bond acceptors (Lipinski definition) is 4. The van der Waals surface area contributed by atoms with Crippen LogP contribution in [0.2, 0.25) is 0 Å². The number of rotatable bonds is 3. The number of aryl methyl sites for hydroxylation is 1. The molecule has 0 aliphatic carbocycles. The van der Waals surface area contributed by atoms with Crippen LogP contribution in [-0.2, 0) is 11.2 Å². The molecule has 0 aliphatic rings. The van der Waals surface area contributed by atoms with E-state index in [1.807, 2.05) is 12.3 Å². The quantitative estimate of drug-likeness (QED) is 0.747. The first-order chi connectivity index (χ1) is 9.69. The van der Waals surface area contributed by atoms with Gasteiger partial charge in [0.1, 0.15) is 5.82 Å². The van der Waals surface area contributed by atoms with Gasteiger partial charge in [-0.3, -0.25) is 0 Å². The number of benzene rings is 1. The van der Waals surface area contributed by atoms with E-state index in [4.69, 9.17) is 17.0 Å². The highest BCUT2D eigenvalue weighted by Gasteiger charge is 2.12. The predicted octanol–water partition coefficient (Wildman–Crippen LogP) is 3.85. The fraction of sp³-hybridized carbons (Fsp3) is 0.200. The van der Waals surface area contributed by atoms with E-state index < -0.39 is 0 Å². The number of thiocarbonyl (C=S) groups is 1. The van der Waals surface area contributed by atoms with Crippen molar-refractivity contribution in [2.45, 2.75) is 13.3 Å². The van der Waals surface area contributed by atoms with E-state index in [9.17, 15) is 0 Å². The molecule has 1 N–H and O–H groups in total. The van der Waals surface area contributed by atoms with Crippen molar-refractivity contribution in [2.24, 2.45) is 0 Å². The second-order valence-corrected chi connectivity index (χ2v) is 6.07. The second-order valence-electron chi connectivity index (χ2n) is 4.57. The number of aromatic nitrogens is 2. The molecule has 5 heteroatoms. The van der Waals surface area contributed by atoms with Crippen molar-refractivity contribution >= 4 is 38.7 Å². The second kappa shape index (κ2) is 5.34. The number of nitrogens with one attached hydrogen (secondary N) is 1. The van der Waals surface area contributed by atoms with Crippen LogP contribution in [0.15, 0.2) is 30.6 Å². The Morgan fingerprint density at radius 2 is 2.30 bits per heavy atom.